The van der Waals surface area contributed by atoms with Crippen LogP contribution in [-0.4, -0.2) is 53.8 Å². The molecule has 0 saturated carbocycles. The van der Waals surface area contributed by atoms with E-state index < -0.39 is 11.8 Å². The Morgan fingerprint density at radius 1 is 0.882 bits per heavy atom. The Morgan fingerprint density at radius 2 is 1.53 bits per heavy atom. The van der Waals surface area contributed by atoms with E-state index in [1.165, 1.54) is 29.3 Å². The van der Waals surface area contributed by atoms with Crippen molar-refractivity contribution in [2.24, 2.45) is 0 Å². The van der Waals surface area contributed by atoms with Crippen molar-refractivity contribution in [2.45, 2.75) is 6.42 Å². The predicted molar refractivity (Wildman–Crippen MR) is 125 cm³/mol. The molecule has 0 atom stereocenters. The van der Waals surface area contributed by atoms with Crippen molar-refractivity contribution < 1.29 is 23.9 Å². The fraction of sp³-hybridized carbons (Fsp3) is 0.160. The number of hydrogen-bond donors (Lipinski definition) is 2. The zero-order valence-corrected chi connectivity index (χ0v) is 18.4. The number of nitrogens with zero attached hydrogens (tertiary/aromatic N) is 2. The molecule has 1 aliphatic heterocycles. The molecule has 4 amide bonds. The van der Waals surface area contributed by atoms with Crippen LogP contribution < -0.4 is 10.6 Å². The standard InChI is InChI=1S/C25H22N4O5/c1-34-13-3-12-29-24(32)20-10-5-16(14-21(20)25(29)33)22(30)27-18-6-8-19(9-7-18)28-23(31)17-4-2-11-26-15-17/h2,4-11,14-15H,3,12-13H2,1H3,(H,27,30)(H,28,31). The second-order valence-corrected chi connectivity index (χ2v) is 7.60. The maximum Gasteiger partial charge on any atom is 0.261 e. The summed E-state index contributed by atoms with van der Waals surface area (Å²) < 4.78 is 4.98. The molecular formula is C25H22N4O5. The van der Waals surface area contributed by atoms with Crippen LogP contribution in [0.4, 0.5) is 11.4 Å². The van der Waals surface area contributed by atoms with Crippen molar-refractivity contribution in [2.75, 3.05) is 30.9 Å². The number of anilines is 2. The Labute approximate surface area is 195 Å². The van der Waals surface area contributed by atoms with Crippen LogP contribution in [0.15, 0.2) is 67.0 Å². The van der Waals surface area contributed by atoms with Gasteiger partial charge in [-0.3, -0.25) is 29.1 Å². The summed E-state index contributed by atoms with van der Waals surface area (Å²) in [4.78, 5) is 55.2. The Balaban J connectivity index is 1.40. The molecule has 9 nitrogen and oxygen atoms in total. The highest BCUT2D eigenvalue weighted by Gasteiger charge is 2.35. The predicted octanol–water partition coefficient (Wildman–Crippen LogP) is 3.22. The summed E-state index contributed by atoms with van der Waals surface area (Å²) in [5.74, 6) is -1.50. The third-order valence-corrected chi connectivity index (χ3v) is 5.29. The minimum Gasteiger partial charge on any atom is -0.385 e. The molecule has 0 bridgehead atoms. The molecule has 3 aromatic rings. The molecule has 172 valence electrons. The van der Waals surface area contributed by atoms with Crippen LogP contribution in [-0.2, 0) is 4.74 Å². The van der Waals surface area contributed by atoms with Gasteiger partial charge in [0.25, 0.3) is 23.6 Å². The molecule has 0 saturated heterocycles. The van der Waals surface area contributed by atoms with Gasteiger partial charge in [-0.15, -0.1) is 0 Å². The molecule has 0 aliphatic carbocycles. The highest BCUT2D eigenvalue weighted by atomic mass is 16.5. The highest BCUT2D eigenvalue weighted by molar-refractivity contribution is 6.22. The topological polar surface area (TPSA) is 118 Å². The van der Waals surface area contributed by atoms with E-state index in [2.05, 4.69) is 15.6 Å². The summed E-state index contributed by atoms with van der Waals surface area (Å²) in [6.45, 7) is 0.693. The minimum atomic E-state index is -0.423. The smallest absolute Gasteiger partial charge is 0.261 e. The molecule has 0 radical (unpaired) electrons. The number of amides is 4. The van der Waals surface area contributed by atoms with Crippen LogP contribution in [0.25, 0.3) is 0 Å². The van der Waals surface area contributed by atoms with E-state index in [0.717, 1.165) is 0 Å². The number of ether oxygens (including phenoxy) is 1. The van der Waals surface area contributed by atoms with E-state index in [-0.39, 0.29) is 35.0 Å². The minimum absolute atomic E-state index is 0.212. The van der Waals surface area contributed by atoms with Crippen molar-refractivity contribution in [3.05, 3.63) is 89.2 Å². The summed E-state index contributed by atoms with van der Waals surface area (Å²) in [6, 6.07) is 14.4. The van der Waals surface area contributed by atoms with Crippen molar-refractivity contribution in [1.29, 1.82) is 0 Å². The lowest BCUT2D eigenvalue weighted by Crippen LogP contribution is -2.31. The van der Waals surface area contributed by atoms with Gasteiger partial charge in [0.05, 0.1) is 16.7 Å². The lowest BCUT2D eigenvalue weighted by molar-refractivity contribution is 0.0638. The molecule has 2 aromatic carbocycles. The summed E-state index contributed by atoms with van der Waals surface area (Å²) in [7, 11) is 1.55. The number of hydrogen-bond acceptors (Lipinski definition) is 6. The normalized spacial score (nSPS) is 12.4. The monoisotopic (exact) mass is 458 g/mol. The molecule has 4 rings (SSSR count). The van der Waals surface area contributed by atoms with Gasteiger partial charge in [-0.25, -0.2) is 0 Å². The fourth-order valence-electron chi connectivity index (χ4n) is 3.54. The summed E-state index contributed by atoms with van der Waals surface area (Å²) in [6.07, 6.45) is 3.59. The average Bonchev–Trinajstić information content (AvgIpc) is 3.10. The number of nitrogens with one attached hydrogen (secondary N) is 2. The molecule has 0 unspecified atom stereocenters. The molecule has 1 aromatic heterocycles. The van der Waals surface area contributed by atoms with E-state index in [0.29, 0.717) is 30.0 Å². The fourth-order valence-corrected chi connectivity index (χ4v) is 3.54. The van der Waals surface area contributed by atoms with Crippen molar-refractivity contribution in [3.8, 4) is 0 Å². The third kappa shape index (κ3) is 4.84. The van der Waals surface area contributed by atoms with Gasteiger partial charge >= 0.3 is 0 Å². The second kappa shape index (κ2) is 10.1. The lowest BCUT2D eigenvalue weighted by Gasteiger charge is -2.12. The van der Waals surface area contributed by atoms with E-state index in [4.69, 9.17) is 4.74 Å². The van der Waals surface area contributed by atoms with Crippen molar-refractivity contribution >= 4 is 35.0 Å². The van der Waals surface area contributed by atoms with Crippen LogP contribution in [0, 0.1) is 0 Å². The lowest BCUT2D eigenvalue weighted by atomic mass is 10.1. The van der Waals surface area contributed by atoms with Crippen LogP contribution in [0.5, 0.6) is 0 Å². The zero-order chi connectivity index (χ0) is 24.1. The number of aromatic nitrogens is 1. The first kappa shape index (κ1) is 22.8. The molecule has 0 spiro atoms. The Morgan fingerprint density at radius 3 is 2.15 bits per heavy atom. The molecule has 0 fully saturated rings. The van der Waals surface area contributed by atoms with Gasteiger partial charge in [-0.1, -0.05) is 0 Å². The number of carbonyl (C=O) groups excluding carboxylic acids is 4. The molecular weight excluding hydrogens is 436 g/mol. The molecule has 34 heavy (non-hydrogen) atoms. The molecule has 2 heterocycles. The van der Waals surface area contributed by atoms with Crippen molar-refractivity contribution in [3.63, 3.8) is 0 Å². The van der Waals surface area contributed by atoms with E-state index in [1.54, 1.807) is 49.7 Å². The van der Waals surface area contributed by atoms with Crippen LogP contribution >= 0.6 is 0 Å². The first-order chi connectivity index (χ1) is 16.5. The van der Waals surface area contributed by atoms with E-state index >= 15 is 0 Å². The van der Waals surface area contributed by atoms with Gasteiger partial charge in [0.1, 0.15) is 0 Å². The second-order valence-electron chi connectivity index (χ2n) is 7.60. The maximum atomic E-state index is 12.7. The van der Waals surface area contributed by atoms with Gasteiger partial charge in [-0.05, 0) is 61.0 Å². The largest absolute Gasteiger partial charge is 0.385 e. The van der Waals surface area contributed by atoms with Crippen LogP contribution in [0.1, 0.15) is 47.9 Å². The Bertz CT molecular complexity index is 1240. The Hall–Kier alpha value is -4.37. The quantitative estimate of drug-likeness (QED) is 0.395. The number of benzene rings is 2. The van der Waals surface area contributed by atoms with Gasteiger partial charge in [0.2, 0.25) is 0 Å². The number of methoxy groups -OCH3 is 1. The first-order valence-electron chi connectivity index (χ1n) is 10.6. The highest BCUT2D eigenvalue weighted by Crippen LogP contribution is 2.25. The van der Waals surface area contributed by atoms with Gasteiger partial charge in [0.15, 0.2) is 0 Å². The summed E-state index contributed by atoms with van der Waals surface area (Å²) >= 11 is 0. The van der Waals surface area contributed by atoms with Crippen LogP contribution in [0.2, 0.25) is 0 Å². The summed E-state index contributed by atoms with van der Waals surface area (Å²) in [5.41, 5.74) is 2.25. The van der Waals surface area contributed by atoms with Gasteiger partial charge in [0, 0.05) is 49.6 Å². The van der Waals surface area contributed by atoms with Gasteiger partial charge < -0.3 is 15.4 Å². The number of rotatable bonds is 8. The Kier molecular flexibility index (Phi) is 6.74. The third-order valence-electron chi connectivity index (χ3n) is 5.29. The number of pyridine rings is 1. The van der Waals surface area contributed by atoms with Crippen LogP contribution in [0.3, 0.4) is 0 Å². The number of fused-ring (bicyclic) bond motifs is 1. The van der Waals surface area contributed by atoms with E-state index in [1.807, 2.05) is 0 Å². The first-order valence-corrected chi connectivity index (χ1v) is 10.6. The maximum absolute atomic E-state index is 12.7. The molecule has 2 N–H and O–H groups in total. The number of imide groups is 1. The molecule has 1 aliphatic rings. The summed E-state index contributed by atoms with van der Waals surface area (Å²) in [5, 5.41) is 5.51. The van der Waals surface area contributed by atoms with Gasteiger partial charge in [-0.2, -0.15) is 0 Å². The number of carbonyl (C=O) groups is 4. The van der Waals surface area contributed by atoms with E-state index in [9.17, 15) is 19.2 Å². The molecule has 9 heteroatoms. The average molecular weight is 458 g/mol. The zero-order valence-electron chi connectivity index (χ0n) is 18.4. The SMILES string of the molecule is COCCCN1C(=O)c2ccc(C(=O)Nc3ccc(NC(=O)c4cccnc4)cc3)cc2C1=O. The van der Waals surface area contributed by atoms with Crippen molar-refractivity contribution in [1.82, 2.24) is 9.88 Å².